The first-order valence-corrected chi connectivity index (χ1v) is 7.84. The fraction of sp³-hybridized carbons (Fsp3) is 0.667. The molecule has 0 saturated carbocycles. The monoisotopic (exact) mass is 314 g/mol. The highest BCUT2D eigenvalue weighted by atomic mass is 32.2. The number of aliphatic hydroxyl groups excluding tert-OH is 2. The van der Waals surface area contributed by atoms with Gasteiger partial charge in [0.05, 0.1) is 19.3 Å². The van der Waals surface area contributed by atoms with Gasteiger partial charge in [-0.05, 0) is 13.2 Å². The fourth-order valence-corrected chi connectivity index (χ4v) is 3.26. The highest BCUT2D eigenvalue weighted by molar-refractivity contribution is 7.98. The highest BCUT2D eigenvalue weighted by Crippen LogP contribution is 2.42. The molecule has 1 fully saturated rings. The van der Waals surface area contributed by atoms with Crippen LogP contribution in [-0.2, 0) is 4.74 Å². The molecule has 0 amide bonds. The van der Waals surface area contributed by atoms with Gasteiger partial charge in [0.25, 0.3) is 0 Å². The van der Waals surface area contributed by atoms with Gasteiger partial charge in [-0.3, -0.25) is 9.56 Å². The van der Waals surface area contributed by atoms with Crippen LogP contribution in [0.15, 0.2) is 11.3 Å². The molecule has 9 heteroatoms. The molecule has 1 saturated heterocycles. The summed E-state index contributed by atoms with van der Waals surface area (Å²) in [6.45, 7) is 1.11. The van der Waals surface area contributed by atoms with E-state index in [4.69, 9.17) is 4.74 Å². The third-order valence-corrected chi connectivity index (χ3v) is 4.67. The van der Waals surface area contributed by atoms with E-state index in [2.05, 4.69) is 15.3 Å². The van der Waals surface area contributed by atoms with Crippen molar-refractivity contribution in [2.24, 2.45) is 4.99 Å². The second-order valence-electron chi connectivity index (χ2n) is 5.28. The Morgan fingerprint density at radius 3 is 2.95 bits per heavy atom. The van der Waals surface area contributed by atoms with Crippen LogP contribution in [0.3, 0.4) is 0 Å². The van der Waals surface area contributed by atoms with Crippen LogP contribution < -0.4 is 5.32 Å². The molecule has 0 bridgehead atoms. The minimum absolute atomic E-state index is 0.118. The molecule has 8 nitrogen and oxygen atoms in total. The number of aliphatic imine (C=N–C) groups is 1. The van der Waals surface area contributed by atoms with Crippen molar-refractivity contribution in [3.63, 3.8) is 0 Å². The van der Waals surface area contributed by atoms with Gasteiger partial charge in [-0.25, -0.2) is 4.98 Å². The number of aromatic nitrogens is 2. The van der Waals surface area contributed by atoms with E-state index >= 15 is 0 Å². The normalized spacial score (nSPS) is 38.3. The third kappa shape index (κ3) is 2.16. The van der Waals surface area contributed by atoms with Crippen LogP contribution in [0, 0.1) is 0 Å². The number of hydrogen-bond acceptors (Lipinski definition) is 8. The van der Waals surface area contributed by atoms with Crippen LogP contribution >= 0.6 is 11.8 Å². The molecule has 2 aliphatic rings. The molecule has 1 unspecified atom stereocenters. The van der Waals surface area contributed by atoms with Crippen molar-refractivity contribution < 1.29 is 20.1 Å². The van der Waals surface area contributed by atoms with Crippen molar-refractivity contribution in [2.75, 3.05) is 18.2 Å². The highest BCUT2D eigenvalue weighted by Gasteiger charge is 2.53. The van der Waals surface area contributed by atoms with Gasteiger partial charge >= 0.3 is 0 Å². The maximum Gasteiger partial charge on any atom is 0.168 e. The van der Waals surface area contributed by atoms with Crippen LogP contribution in [0.5, 0.6) is 0 Å². The third-order valence-electron chi connectivity index (χ3n) is 3.88. The van der Waals surface area contributed by atoms with Crippen molar-refractivity contribution in [1.82, 2.24) is 9.55 Å². The number of anilines is 1. The van der Waals surface area contributed by atoms with Gasteiger partial charge in [-0.2, -0.15) is 0 Å². The molecule has 0 radical (unpaired) electrons. The van der Waals surface area contributed by atoms with Crippen LogP contribution in [0.1, 0.15) is 24.2 Å². The summed E-state index contributed by atoms with van der Waals surface area (Å²) in [4.78, 5) is 8.60. The van der Waals surface area contributed by atoms with Crippen molar-refractivity contribution >= 4 is 23.9 Å². The molecule has 1 aromatic heterocycles. The number of fused-ring (bicyclic) bond motifs is 1. The Labute approximate surface area is 125 Å². The average Bonchev–Trinajstić information content (AvgIpc) is 2.99. The summed E-state index contributed by atoms with van der Waals surface area (Å²) in [5.74, 6) is 0.667. The number of nitrogens with one attached hydrogen (secondary N) is 1. The molecule has 2 aliphatic heterocycles. The van der Waals surface area contributed by atoms with E-state index in [1.165, 1.54) is 6.92 Å². The Balaban J connectivity index is 1.98. The summed E-state index contributed by atoms with van der Waals surface area (Å²) in [7, 11) is 0. The molecule has 0 aromatic carbocycles. The molecule has 0 aliphatic carbocycles. The summed E-state index contributed by atoms with van der Waals surface area (Å²) in [6, 6.07) is 0. The molecule has 1 aromatic rings. The Morgan fingerprint density at radius 1 is 1.57 bits per heavy atom. The van der Waals surface area contributed by atoms with Crippen molar-refractivity contribution in [3.05, 3.63) is 12.0 Å². The maximum atomic E-state index is 10.5. The summed E-state index contributed by atoms with van der Waals surface area (Å²) in [5, 5.41) is 32.7. The first kappa shape index (κ1) is 14.8. The van der Waals surface area contributed by atoms with E-state index in [1.807, 2.05) is 6.26 Å². The van der Waals surface area contributed by atoms with E-state index in [1.54, 1.807) is 29.0 Å². The number of imidazole rings is 1. The van der Waals surface area contributed by atoms with Gasteiger partial charge in [-0.1, -0.05) is 0 Å². The molecule has 0 spiro atoms. The summed E-state index contributed by atoms with van der Waals surface area (Å²) in [5.41, 5.74) is -0.793. The number of thioether (sulfide) groups is 1. The van der Waals surface area contributed by atoms with Crippen molar-refractivity contribution in [3.8, 4) is 0 Å². The number of hydrogen-bond donors (Lipinski definition) is 4. The minimum Gasteiger partial charge on any atom is -0.394 e. The van der Waals surface area contributed by atoms with Crippen LogP contribution in [0.25, 0.3) is 0 Å². The molecular weight excluding hydrogens is 296 g/mol. The van der Waals surface area contributed by atoms with E-state index in [-0.39, 0.29) is 12.0 Å². The number of nitrogens with zero attached hydrogens (tertiary/aromatic N) is 3. The van der Waals surface area contributed by atoms with Gasteiger partial charge in [-0.15, -0.1) is 11.8 Å². The average molecular weight is 314 g/mol. The lowest BCUT2D eigenvalue weighted by atomic mass is 9.96. The number of ether oxygens (including phenoxy) is 1. The predicted octanol–water partition coefficient (Wildman–Crippen LogP) is -0.300. The van der Waals surface area contributed by atoms with Gasteiger partial charge in [0.15, 0.2) is 6.23 Å². The quantitative estimate of drug-likeness (QED) is 0.606. The zero-order valence-electron chi connectivity index (χ0n) is 11.7. The molecule has 4 N–H and O–H groups in total. The van der Waals surface area contributed by atoms with E-state index in [0.717, 1.165) is 5.69 Å². The van der Waals surface area contributed by atoms with E-state index in [9.17, 15) is 15.3 Å². The zero-order valence-corrected chi connectivity index (χ0v) is 12.5. The van der Waals surface area contributed by atoms with Crippen molar-refractivity contribution in [1.29, 1.82) is 0 Å². The Hall–Kier alpha value is -1.13. The van der Waals surface area contributed by atoms with Crippen LogP contribution in [0.4, 0.5) is 5.82 Å². The largest absolute Gasteiger partial charge is 0.394 e. The Kier molecular flexibility index (Phi) is 3.70. The van der Waals surface area contributed by atoms with Crippen molar-refractivity contribution in [2.45, 2.75) is 36.3 Å². The fourth-order valence-electron chi connectivity index (χ4n) is 2.68. The van der Waals surface area contributed by atoms with Crippen LogP contribution in [0.2, 0.25) is 0 Å². The second kappa shape index (κ2) is 5.25. The standard InChI is InChI=1S/C12H18N4O4S/c1-12(19)8(18)6(3-17)20-11(12)16-5-15-7-9(16)13-4-14-10(7)21-2/h4-6,8,10-11,17-19H,3H2,1-2H3,(H,13,14)/t6-,8-,10?,11-,12-/m1/s1. The smallest absolute Gasteiger partial charge is 0.168 e. The molecular formula is C12H18N4O4S. The van der Waals surface area contributed by atoms with E-state index in [0.29, 0.717) is 5.82 Å². The molecule has 116 valence electrons. The lowest BCUT2D eigenvalue weighted by Crippen LogP contribution is -2.44. The SMILES string of the molecule is CSC1N=CNc2c1ncn2[C@@H]1O[C@H](CO)[C@@H](O)[C@@]1(C)O. The maximum absolute atomic E-state index is 10.5. The summed E-state index contributed by atoms with van der Waals surface area (Å²) in [6.07, 6.45) is 2.19. The first-order valence-electron chi connectivity index (χ1n) is 6.55. The lowest BCUT2D eigenvalue weighted by Gasteiger charge is -2.29. The molecule has 3 rings (SSSR count). The lowest BCUT2D eigenvalue weighted by molar-refractivity contribution is -0.0957. The first-order chi connectivity index (χ1) is 10.0. The minimum atomic E-state index is -1.53. The van der Waals surface area contributed by atoms with E-state index < -0.39 is 24.0 Å². The zero-order chi connectivity index (χ0) is 15.2. The second-order valence-corrected chi connectivity index (χ2v) is 6.19. The Bertz CT molecular complexity index is 561. The summed E-state index contributed by atoms with van der Waals surface area (Å²) < 4.78 is 7.23. The predicted molar refractivity (Wildman–Crippen MR) is 78.2 cm³/mol. The molecule has 3 heterocycles. The Morgan fingerprint density at radius 2 is 2.33 bits per heavy atom. The number of rotatable bonds is 3. The molecule has 5 atom stereocenters. The summed E-state index contributed by atoms with van der Waals surface area (Å²) >= 11 is 1.54. The van der Waals surface area contributed by atoms with Crippen LogP contribution in [-0.4, -0.2) is 61.9 Å². The number of aliphatic hydroxyl groups is 3. The van der Waals surface area contributed by atoms with Gasteiger partial charge < -0.3 is 25.4 Å². The topological polar surface area (TPSA) is 112 Å². The van der Waals surface area contributed by atoms with Gasteiger partial charge in [0.1, 0.15) is 34.7 Å². The van der Waals surface area contributed by atoms with Gasteiger partial charge in [0.2, 0.25) is 0 Å². The molecule has 21 heavy (non-hydrogen) atoms. The van der Waals surface area contributed by atoms with Gasteiger partial charge in [0, 0.05) is 0 Å².